The van der Waals surface area contributed by atoms with Crippen LogP contribution in [-0.4, -0.2) is 8.07 Å². The third-order valence-electron chi connectivity index (χ3n) is 3.30. The van der Waals surface area contributed by atoms with Crippen LogP contribution in [0.1, 0.15) is 0 Å². The molecule has 0 aliphatic rings. The largest absolute Gasteiger partial charge is 0.207 e. The van der Waals surface area contributed by atoms with Gasteiger partial charge in [0.05, 0.1) is 0 Å². The fraction of sp³-hybridized carbons (Fsp3) is 0.0667. The average molecular weight is 260 g/mol. The van der Waals surface area contributed by atoms with E-state index in [0.717, 1.165) is 10.4 Å². The molecule has 0 nitrogen and oxygen atoms in total. The summed E-state index contributed by atoms with van der Waals surface area (Å²) in [7, 11) is -2.09. The Balaban J connectivity index is 2.50. The van der Waals surface area contributed by atoms with Crippen molar-refractivity contribution in [1.29, 1.82) is 0 Å². The van der Waals surface area contributed by atoms with Crippen molar-refractivity contribution in [2.45, 2.75) is 6.55 Å². The lowest BCUT2D eigenvalue weighted by Crippen LogP contribution is -2.54. The van der Waals surface area contributed by atoms with Gasteiger partial charge in [-0.1, -0.05) is 36.5 Å². The lowest BCUT2D eigenvalue weighted by atomic mass is 10.3. The summed E-state index contributed by atoms with van der Waals surface area (Å²) in [5, 5.41) is 2.12. The molecule has 18 heavy (non-hydrogen) atoms. The Morgan fingerprint density at radius 3 is 1.44 bits per heavy atom. The first-order valence-corrected chi connectivity index (χ1v) is 8.29. The van der Waals surface area contributed by atoms with Crippen molar-refractivity contribution >= 4 is 18.4 Å². The van der Waals surface area contributed by atoms with Crippen molar-refractivity contribution in [1.82, 2.24) is 0 Å². The van der Waals surface area contributed by atoms with E-state index in [4.69, 9.17) is 0 Å². The Kier molecular flexibility index (Phi) is 3.43. The maximum absolute atomic E-state index is 13.0. The minimum absolute atomic E-state index is 0.252. The molecule has 0 unspecified atom stereocenters. The van der Waals surface area contributed by atoms with Crippen LogP contribution in [0, 0.1) is 11.6 Å². The molecule has 2 aromatic rings. The zero-order chi connectivity index (χ0) is 13.2. The highest BCUT2D eigenvalue weighted by molar-refractivity contribution is 7.04. The summed E-state index contributed by atoms with van der Waals surface area (Å²) < 4.78 is 25.9. The quantitative estimate of drug-likeness (QED) is 0.744. The van der Waals surface area contributed by atoms with Crippen LogP contribution in [0.3, 0.4) is 0 Å². The smallest absolute Gasteiger partial charge is 0.137 e. The topological polar surface area (TPSA) is 0 Å². The second-order valence-corrected chi connectivity index (χ2v) is 8.39. The molecule has 0 saturated carbocycles. The summed E-state index contributed by atoms with van der Waals surface area (Å²) in [6, 6.07) is 12.9. The highest BCUT2D eigenvalue weighted by Gasteiger charge is 2.28. The monoisotopic (exact) mass is 260 g/mol. The SMILES string of the molecule is C=C[Si](C)(c1ccc(F)cc1)c1ccc(F)cc1. The van der Waals surface area contributed by atoms with Crippen molar-refractivity contribution in [2.24, 2.45) is 0 Å². The van der Waals surface area contributed by atoms with Gasteiger partial charge in [0.2, 0.25) is 0 Å². The molecule has 0 bridgehead atoms. The third kappa shape index (κ3) is 2.27. The number of rotatable bonds is 3. The molecular weight excluding hydrogens is 246 g/mol. The van der Waals surface area contributed by atoms with E-state index in [1.807, 2.05) is 5.70 Å². The van der Waals surface area contributed by atoms with Crippen molar-refractivity contribution < 1.29 is 8.78 Å². The van der Waals surface area contributed by atoms with Gasteiger partial charge in [-0.15, -0.1) is 6.58 Å². The number of benzene rings is 2. The lowest BCUT2D eigenvalue weighted by Gasteiger charge is -2.24. The Bertz CT molecular complexity index is 498. The molecule has 0 N–H and O–H groups in total. The van der Waals surface area contributed by atoms with Crippen LogP contribution in [0.5, 0.6) is 0 Å². The van der Waals surface area contributed by atoms with E-state index in [1.165, 1.54) is 24.3 Å². The molecule has 0 heterocycles. The van der Waals surface area contributed by atoms with Gasteiger partial charge in [-0.2, -0.15) is 0 Å². The average Bonchev–Trinajstić information content (AvgIpc) is 2.39. The fourth-order valence-electron chi connectivity index (χ4n) is 1.99. The maximum Gasteiger partial charge on any atom is 0.137 e. The molecule has 0 amide bonds. The van der Waals surface area contributed by atoms with Gasteiger partial charge < -0.3 is 0 Å². The molecule has 0 aromatic heterocycles. The molecular formula is C15H14F2Si. The van der Waals surface area contributed by atoms with Crippen LogP contribution in [-0.2, 0) is 0 Å². The predicted molar refractivity (Wildman–Crippen MR) is 73.9 cm³/mol. The molecule has 0 fully saturated rings. The van der Waals surface area contributed by atoms with Crippen molar-refractivity contribution in [3.05, 3.63) is 72.4 Å². The highest BCUT2D eigenvalue weighted by atomic mass is 28.3. The fourth-order valence-corrected chi connectivity index (χ4v) is 4.52. The minimum atomic E-state index is -2.09. The molecule has 0 radical (unpaired) electrons. The molecule has 0 atom stereocenters. The first-order chi connectivity index (χ1) is 8.56. The lowest BCUT2D eigenvalue weighted by molar-refractivity contribution is 0.628. The molecule has 3 heteroatoms. The molecule has 0 saturated heterocycles. The molecule has 0 aliphatic heterocycles. The second kappa shape index (κ2) is 4.86. The summed E-state index contributed by atoms with van der Waals surface area (Å²) in [5.74, 6) is -0.503. The van der Waals surface area contributed by atoms with Gasteiger partial charge in [0, 0.05) is 0 Å². The number of hydrogen-bond acceptors (Lipinski definition) is 0. The summed E-state index contributed by atoms with van der Waals surface area (Å²) in [4.78, 5) is 0. The minimum Gasteiger partial charge on any atom is -0.207 e. The van der Waals surface area contributed by atoms with Gasteiger partial charge in [-0.25, -0.2) is 8.78 Å². The Labute approximate surface area is 107 Å². The maximum atomic E-state index is 13.0. The predicted octanol–water partition coefficient (Wildman–Crippen LogP) is 2.88. The summed E-state index contributed by atoms with van der Waals surface area (Å²) in [5.41, 5.74) is 1.92. The van der Waals surface area contributed by atoms with E-state index in [1.54, 1.807) is 24.3 Å². The normalized spacial score (nSPS) is 11.3. The van der Waals surface area contributed by atoms with Gasteiger partial charge in [0.25, 0.3) is 0 Å². The van der Waals surface area contributed by atoms with Gasteiger partial charge >= 0.3 is 0 Å². The zero-order valence-corrected chi connectivity index (χ0v) is 11.2. The van der Waals surface area contributed by atoms with Gasteiger partial charge in [-0.3, -0.25) is 0 Å². The van der Waals surface area contributed by atoms with Crippen molar-refractivity contribution in [3.8, 4) is 0 Å². The third-order valence-corrected chi connectivity index (χ3v) is 7.18. The van der Waals surface area contributed by atoms with Crippen LogP contribution in [0.25, 0.3) is 0 Å². The van der Waals surface area contributed by atoms with Crippen LogP contribution in [0.15, 0.2) is 60.8 Å². The molecule has 0 aliphatic carbocycles. The molecule has 0 spiro atoms. The van der Waals surface area contributed by atoms with E-state index in [-0.39, 0.29) is 11.6 Å². The highest BCUT2D eigenvalue weighted by Crippen LogP contribution is 2.08. The van der Waals surface area contributed by atoms with Gasteiger partial charge in [0.15, 0.2) is 0 Å². The summed E-state index contributed by atoms with van der Waals surface area (Å²) >= 11 is 0. The van der Waals surface area contributed by atoms with E-state index < -0.39 is 8.07 Å². The number of halogens is 2. The van der Waals surface area contributed by atoms with Crippen LogP contribution >= 0.6 is 0 Å². The van der Waals surface area contributed by atoms with E-state index in [0.29, 0.717) is 0 Å². The van der Waals surface area contributed by atoms with Gasteiger partial charge in [0.1, 0.15) is 19.7 Å². The van der Waals surface area contributed by atoms with E-state index >= 15 is 0 Å². The van der Waals surface area contributed by atoms with Crippen LogP contribution in [0.4, 0.5) is 8.78 Å². The number of hydrogen-bond donors (Lipinski definition) is 0. The Hall–Kier alpha value is -1.74. The van der Waals surface area contributed by atoms with Crippen LogP contribution < -0.4 is 10.4 Å². The molecule has 2 rings (SSSR count). The van der Waals surface area contributed by atoms with Gasteiger partial charge in [-0.05, 0) is 34.6 Å². The van der Waals surface area contributed by atoms with Crippen molar-refractivity contribution in [3.63, 3.8) is 0 Å². The molecule has 2 aromatic carbocycles. The standard InChI is InChI=1S/C15H14F2Si/c1-3-18(2,14-8-4-12(16)5-9-14)15-10-6-13(17)7-11-15/h3-11H,1H2,2H3. The van der Waals surface area contributed by atoms with E-state index in [9.17, 15) is 8.78 Å². The summed E-state index contributed by atoms with van der Waals surface area (Å²) in [6.07, 6.45) is 0. The first kappa shape index (κ1) is 12.7. The zero-order valence-electron chi connectivity index (χ0n) is 10.2. The van der Waals surface area contributed by atoms with Crippen molar-refractivity contribution in [2.75, 3.05) is 0 Å². The van der Waals surface area contributed by atoms with Crippen LogP contribution in [0.2, 0.25) is 6.55 Å². The Morgan fingerprint density at radius 2 is 1.17 bits per heavy atom. The molecule has 92 valence electrons. The van der Waals surface area contributed by atoms with E-state index in [2.05, 4.69) is 13.1 Å². The second-order valence-electron chi connectivity index (χ2n) is 4.42. The Morgan fingerprint density at radius 1 is 0.833 bits per heavy atom. The summed E-state index contributed by atoms with van der Waals surface area (Å²) in [6.45, 7) is 6.02. The first-order valence-electron chi connectivity index (χ1n) is 5.72.